The average molecular weight is 411 g/mol. The molecule has 0 spiro atoms. The lowest BCUT2D eigenvalue weighted by molar-refractivity contribution is 0.172. The molecule has 1 aliphatic rings. The van der Waals surface area contributed by atoms with Crippen LogP contribution >= 0.6 is 0 Å². The number of hydrogen-bond donors (Lipinski definition) is 0. The third-order valence-electron chi connectivity index (χ3n) is 5.80. The second kappa shape index (κ2) is 8.45. The molecular weight excluding hydrogens is 376 g/mol. The molecule has 0 aliphatic carbocycles. The number of rotatable bonds is 6. The van der Waals surface area contributed by atoms with Gasteiger partial charge in [0.25, 0.3) is 10.0 Å². The molecule has 7 heteroatoms. The largest absolute Gasteiger partial charge is 0.417 e. The van der Waals surface area contributed by atoms with Crippen LogP contribution in [0.5, 0.6) is 0 Å². The molecule has 0 radical (unpaired) electrons. The fraction of sp³-hybridized carbons (Fsp3) is 0.650. The predicted octanol–water partition coefficient (Wildman–Crippen LogP) is 4.45. The van der Waals surface area contributed by atoms with Gasteiger partial charge < -0.3 is 9.33 Å². The van der Waals surface area contributed by atoms with E-state index in [4.69, 9.17) is 4.43 Å². The van der Waals surface area contributed by atoms with Crippen molar-refractivity contribution < 1.29 is 12.8 Å². The molecule has 1 fully saturated rings. The lowest BCUT2D eigenvalue weighted by Gasteiger charge is -2.38. The lowest BCUT2D eigenvalue weighted by atomic mass is 9.98. The van der Waals surface area contributed by atoms with Gasteiger partial charge in [-0.3, -0.25) is 0 Å². The van der Waals surface area contributed by atoms with Crippen LogP contribution in [0.3, 0.4) is 0 Å². The Morgan fingerprint density at radius 3 is 2.26 bits per heavy atom. The van der Waals surface area contributed by atoms with Crippen molar-refractivity contribution >= 4 is 24.7 Å². The first-order chi connectivity index (χ1) is 12.4. The molecule has 1 saturated heterocycles. The van der Waals surface area contributed by atoms with Gasteiger partial charge in [-0.25, -0.2) is 0 Å². The minimum atomic E-state index is -3.63. The van der Waals surface area contributed by atoms with Gasteiger partial charge in [0.05, 0.1) is 4.90 Å². The van der Waals surface area contributed by atoms with Gasteiger partial charge in [0.15, 0.2) is 8.32 Å². The van der Waals surface area contributed by atoms with Crippen molar-refractivity contribution in [3.63, 3.8) is 0 Å². The van der Waals surface area contributed by atoms with E-state index in [2.05, 4.69) is 38.3 Å². The van der Waals surface area contributed by atoms with Gasteiger partial charge in [-0.15, -0.1) is 4.40 Å². The molecule has 1 aliphatic heterocycles. The Labute approximate surface area is 166 Å². The van der Waals surface area contributed by atoms with Crippen molar-refractivity contribution in [2.24, 2.45) is 10.3 Å². The maximum Gasteiger partial charge on any atom is 0.283 e. The molecule has 0 N–H and O–H groups in total. The van der Waals surface area contributed by atoms with Crippen LogP contribution in [0.15, 0.2) is 33.6 Å². The zero-order valence-corrected chi connectivity index (χ0v) is 19.3. The number of sulfonamides is 1. The smallest absolute Gasteiger partial charge is 0.283 e. The highest BCUT2D eigenvalue weighted by molar-refractivity contribution is 7.90. The summed E-state index contributed by atoms with van der Waals surface area (Å²) in [7, 11) is -5.33. The first-order valence-electron chi connectivity index (χ1n) is 9.66. The predicted molar refractivity (Wildman–Crippen MR) is 114 cm³/mol. The Hall–Kier alpha value is -1.18. The van der Waals surface area contributed by atoms with Crippen molar-refractivity contribution in [1.29, 1.82) is 0 Å². The molecule has 0 saturated carbocycles. The van der Waals surface area contributed by atoms with E-state index in [0.717, 1.165) is 38.1 Å². The number of aryl methyl sites for hydroxylation is 1. The average Bonchev–Trinajstić information content (AvgIpc) is 2.58. The lowest BCUT2D eigenvalue weighted by Crippen LogP contribution is -2.43. The van der Waals surface area contributed by atoms with Gasteiger partial charge in [0.1, 0.15) is 6.34 Å². The maximum atomic E-state index is 12.3. The third kappa shape index (κ3) is 6.15. The summed E-state index contributed by atoms with van der Waals surface area (Å²) in [5.41, 5.74) is 1.03. The minimum Gasteiger partial charge on any atom is -0.417 e. The zero-order chi connectivity index (χ0) is 20.3. The van der Waals surface area contributed by atoms with Crippen molar-refractivity contribution in [2.75, 3.05) is 19.7 Å². The summed E-state index contributed by atoms with van der Waals surface area (Å²) in [5, 5.41) is 0.227. The molecule has 1 heterocycles. The minimum absolute atomic E-state index is 0.227. The highest BCUT2D eigenvalue weighted by atomic mass is 32.2. The number of benzene rings is 1. The van der Waals surface area contributed by atoms with E-state index >= 15 is 0 Å². The van der Waals surface area contributed by atoms with Crippen molar-refractivity contribution in [3.8, 4) is 0 Å². The molecule has 2 rings (SSSR count). The van der Waals surface area contributed by atoms with Crippen molar-refractivity contribution in [2.45, 2.75) is 63.6 Å². The molecule has 1 aromatic rings. The first kappa shape index (κ1) is 22.1. The number of piperidine rings is 1. The summed E-state index contributed by atoms with van der Waals surface area (Å²) >= 11 is 0. The van der Waals surface area contributed by atoms with Gasteiger partial charge in [0, 0.05) is 19.7 Å². The van der Waals surface area contributed by atoms with E-state index < -0.39 is 18.3 Å². The molecule has 27 heavy (non-hydrogen) atoms. The summed E-state index contributed by atoms with van der Waals surface area (Å²) in [4.78, 5) is 2.23. The van der Waals surface area contributed by atoms with E-state index in [9.17, 15) is 8.42 Å². The van der Waals surface area contributed by atoms with Crippen molar-refractivity contribution in [3.05, 3.63) is 29.8 Å². The zero-order valence-electron chi connectivity index (χ0n) is 17.5. The quantitative estimate of drug-likeness (QED) is 0.395. The van der Waals surface area contributed by atoms with Crippen LogP contribution in [0.25, 0.3) is 0 Å². The van der Waals surface area contributed by atoms with E-state index in [1.54, 1.807) is 24.3 Å². The van der Waals surface area contributed by atoms with Crippen LogP contribution in [-0.2, 0) is 14.4 Å². The van der Waals surface area contributed by atoms with Crippen LogP contribution in [0, 0.1) is 12.8 Å². The standard InChI is InChI=1S/C20H34N2O3SSi/c1-17-7-9-19(10-8-17)26(23,24)21-16-22-13-11-18(12-14-22)15-25-27(5,6)20(2,3)4/h7-10,16,18H,11-15H2,1-6H3/b21-16+. The second-order valence-corrected chi connectivity index (χ2v) is 15.5. The Morgan fingerprint density at radius 1 is 1.19 bits per heavy atom. The van der Waals surface area contributed by atoms with Gasteiger partial charge in [-0.2, -0.15) is 8.42 Å². The summed E-state index contributed by atoms with van der Waals surface area (Å²) in [6, 6.07) is 6.78. The Morgan fingerprint density at radius 2 is 1.74 bits per heavy atom. The Kier molecular flexibility index (Phi) is 6.92. The fourth-order valence-electron chi connectivity index (χ4n) is 2.68. The van der Waals surface area contributed by atoms with Crippen LogP contribution in [0.1, 0.15) is 39.2 Å². The molecule has 5 nitrogen and oxygen atoms in total. The van der Waals surface area contributed by atoms with E-state index in [1.807, 2.05) is 11.8 Å². The van der Waals surface area contributed by atoms with Gasteiger partial charge in [-0.05, 0) is 55.9 Å². The second-order valence-electron chi connectivity index (χ2n) is 9.06. The highest BCUT2D eigenvalue weighted by Gasteiger charge is 2.37. The molecule has 0 bridgehead atoms. The van der Waals surface area contributed by atoms with Gasteiger partial charge in [-0.1, -0.05) is 38.5 Å². The van der Waals surface area contributed by atoms with Gasteiger partial charge in [0.2, 0.25) is 0 Å². The molecule has 0 aromatic heterocycles. The molecule has 1 aromatic carbocycles. The molecule has 0 atom stereocenters. The van der Waals surface area contributed by atoms with Crippen molar-refractivity contribution in [1.82, 2.24) is 4.90 Å². The number of hydrogen-bond acceptors (Lipinski definition) is 3. The molecular formula is C20H34N2O3SSi. The first-order valence-corrected chi connectivity index (χ1v) is 14.0. The van der Waals surface area contributed by atoms with E-state index in [0.29, 0.717) is 5.92 Å². The Balaban J connectivity index is 1.85. The summed E-state index contributed by atoms with van der Waals surface area (Å²) in [5.74, 6) is 0.539. The normalized spacial score (nSPS) is 17.6. The van der Waals surface area contributed by atoms with E-state index in [-0.39, 0.29) is 9.93 Å². The van der Waals surface area contributed by atoms with Crippen LogP contribution in [0.2, 0.25) is 18.1 Å². The number of nitrogens with zero attached hydrogens (tertiary/aromatic N) is 2. The maximum absolute atomic E-state index is 12.3. The van der Waals surface area contributed by atoms with Crippen LogP contribution < -0.4 is 0 Å². The van der Waals surface area contributed by atoms with E-state index in [1.165, 1.54) is 6.34 Å². The molecule has 0 amide bonds. The van der Waals surface area contributed by atoms with Crippen LogP contribution in [-0.4, -0.2) is 47.7 Å². The van der Waals surface area contributed by atoms with Gasteiger partial charge >= 0.3 is 0 Å². The summed E-state index contributed by atoms with van der Waals surface area (Å²) in [6.07, 6.45) is 3.50. The molecule has 0 unspecified atom stereocenters. The SMILES string of the molecule is Cc1ccc(S(=O)(=O)/N=C/N2CCC(CO[Si](C)(C)C(C)(C)C)CC2)cc1. The Bertz CT molecular complexity index is 744. The summed E-state index contributed by atoms with van der Waals surface area (Å²) < 4.78 is 34.8. The highest BCUT2D eigenvalue weighted by Crippen LogP contribution is 2.37. The number of likely N-dealkylation sites (tertiary alicyclic amines) is 1. The van der Waals surface area contributed by atoms with Crippen LogP contribution in [0.4, 0.5) is 0 Å². The molecule has 152 valence electrons. The monoisotopic (exact) mass is 410 g/mol. The topological polar surface area (TPSA) is 59.0 Å². The summed E-state index contributed by atoms with van der Waals surface area (Å²) in [6.45, 7) is 15.7. The third-order valence-corrected chi connectivity index (χ3v) is 11.5. The fourth-order valence-corrected chi connectivity index (χ4v) is 4.62.